The van der Waals surface area contributed by atoms with Crippen molar-refractivity contribution in [3.63, 3.8) is 0 Å². The van der Waals surface area contributed by atoms with E-state index >= 15 is 0 Å². The van der Waals surface area contributed by atoms with Gasteiger partial charge in [-0.15, -0.1) is 0 Å². The molecule has 146 valence electrons. The van der Waals surface area contributed by atoms with Crippen LogP contribution in [0.1, 0.15) is 43.9 Å². The van der Waals surface area contributed by atoms with E-state index < -0.39 is 0 Å². The molecule has 0 fully saturated rings. The number of carbonyl (C=O) groups excluding carboxylic acids is 1. The summed E-state index contributed by atoms with van der Waals surface area (Å²) in [5.41, 5.74) is 2.13. The van der Waals surface area contributed by atoms with Crippen molar-refractivity contribution in [1.29, 1.82) is 0 Å². The van der Waals surface area contributed by atoms with E-state index in [1.54, 1.807) is 14.2 Å². The van der Waals surface area contributed by atoms with E-state index in [9.17, 15) is 4.79 Å². The maximum absolute atomic E-state index is 12.3. The molecular formula is C21H26BrNO4. The fourth-order valence-electron chi connectivity index (χ4n) is 2.63. The van der Waals surface area contributed by atoms with Crippen LogP contribution in [0, 0.1) is 0 Å². The predicted octanol–water partition coefficient (Wildman–Crippen LogP) is 4.85. The summed E-state index contributed by atoms with van der Waals surface area (Å²) < 4.78 is 17.0. The number of amides is 1. The molecule has 0 spiro atoms. The number of halogens is 1. The van der Waals surface area contributed by atoms with E-state index in [0.29, 0.717) is 23.2 Å². The van der Waals surface area contributed by atoms with Gasteiger partial charge in [0.15, 0.2) is 18.1 Å². The summed E-state index contributed by atoms with van der Waals surface area (Å²) in [6, 6.07) is 11.3. The zero-order valence-corrected chi connectivity index (χ0v) is 17.9. The maximum Gasteiger partial charge on any atom is 0.258 e. The highest BCUT2D eigenvalue weighted by Gasteiger charge is 2.14. The first-order valence-corrected chi connectivity index (χ1v) is 9.58. The van der Waals surface area contributed by atoms with Gasteiger partial charge in [-0.1, -0.05) is 26.0 Å². The summed E-state index contributed by atoms with van der Waals surface area (Å²) in [4.78, 5) is 12.3. The highest BCUT2D eigenvalue weighted by molar-refractivity contribution is 9.10. The molecule has 2 aromatic carbocycles. The summed E-state index contributed by atoms with van der Waals surface area (Å²) in [5, 5.41) is 2.93. The largest absolute Gasteiger partial charge is 0.493 e. The van der Waals surface area contributed by atoms with Crippen LogP contribution in [0.25, 0.3) is 0 Å². The van der Waals surface area contributed by atoms with Gasteiger partial charge in [0.05, 0.1) is 24.7 Å². The van der Waals surface area contributed by atoms with Crippen molar-refractivity contribution >= 4 is 21.8 Å². The lowest BCUT2D eigenvalue weighted by molar-refractivity contribution is -0.123. The standard InChI is InChI=1S/C21H26BrNO4/c1-13(2)15-6-8-18(17(22)10-15)27-12-21(24)23-14(3)16-7-9-19(25-4)20(11-16)26-5/h6-11,13-14H,12H2,1-5H3,(H,23,24). The van der Waals surface area contributed by atoms with Crippen molar-refractivity contribution in [2.45, 2.75) is 32.7 Å². The Morgan fingerprint density at radius 1 is 0.963 bits per heavy atom. The van der Waals surface area contributed by atoms with Gasteiger partial charge in [0.2, 0.25) is 0 Å². The summed E-state index contributed by atoms with van der Waals surface area (Å²) in [7, 11) is 3.17. The van der Waals surface area contributed by atoms with Gasteiger partial charge in [-0.3, -0.25) is 4.79 Å². The van der Waals surface area contributed by atoms with Gasteiger partial charge in [-0.25, -0.2) is 0 Å². The lowest BCUT2D eigenvalue weighted by atomic mass is 10.0. The second kappa shape index (κ2) is 9.65. The Morgan fingerprint density at radius 2 is 1.59 bits per heavy atom. The minimum absolute atomic E-state index is 0.0583. The van der Waals surface area contributed by atoms with E-state index in [1.807, 2.05) is 43.3 Å². The lowest BCUT2D eigenvalue weighted by Crippen LogP contribution is -2.31. The number of hydrogen-bond acceptors (Lipinski definition) is 4. The molecule has 0 radical (unpaired) electrons. The zero-order valence-electron chi connectivity index (χ0n) is 16.3. The van der Waals surface area contributed by atoms with Crippen molar-refractivity contribution < 1.29 is 19.0 Å². The van der Waals surface area contributed by atoms with E-state index in [0.717, 1.165) is 10.0 Å². The average Bonchev–Trinajstić information content (AvgIpc) is 2.66. The van der Waals surface area contributed by atoms with E-state index in [1.165, 1.54) is 5.56 Å². The second-order valence-electron chi connectivity index (χ2n) is 6.54. The van der Waals surface area contributed by atoms with Crippen LogP contribution in [-0.2, 0) is 4.79 Å². The van der Waals surface area contributed by atoms with Crippen LogP contribution in [0.15, 0.2) is 40.9 Å². The first-order chi connectivity index (χ1) is 12.8. The number of carbonyl (C=O) groups is 1. The molecule has 2 aromatic rings. The van der Waals surface area contributed by atoms with Crippen LogP contribution in [0.5, 0.6) is 17.2 Å². The molecule has 0 aliphatic rings. The third kappa shape index (κ3) is 5.63. The maximum atomic E-state index is 12.3. The van der Waals surface area contributed by atoms with Crippen LogP contribution in [0.3, 0.4) is 0 Å². The molecule has 0 heterocycles. The molecule has 6 heteroatoms. The molecule has 2 rings (SSSR count). The van der Waals surface area contributed by atoms with Gasteiger partial charge in [0.25, 0.3) is 5.91 Å². The third-order valence-electron chi connectivity index (χ3n) is 4.27. The van der Waals surface area contributed by atoms with Gasteiger partial charge in [-0.2, -0.15) is 0 Å². The summed E-state index contributed by atoms with van der Waals surface area (Å²) >= 11 is 3.50. The van der Waals surface area contributed by atoms with E-state index in [-0.39, 0.29) is 18.6 Å². The molecule has 0 aliphatic carbocycles. The van der Waals surface area contributed by atoms with Crippen LogP contribution >= 0.6 is 15.9 Å². The molecule has 0 aromatic heterocycles. The number of methoxy groups -OCH3 is 2. The van der Waals surface area contributed by atoms with Gasteiger partial charge in [0, 0.05) is 0 Å². The summed E-state index contributed by atoms with van der Waals surface area (Å²) in [5.74, 6) is 2.16. The Bertz CT molecular complexity index is 792. The molecule has 1 unspecified atom stereocenters. The van der Waals surface area contributed by atoms with Crippen molar-refractivity contribution in [3.8, 4) is 17.2 Å². The lowest BCUT2D eigenvalue weighted by Gasteiger charge is -2.17. The Morgan fingerprint density at radius 3 is 2.19 bits per heavy atom. The molecule has 0 saturated carbocycles. The van der Waals surface area contributed by atoms with Gasteiger partial charge in [-0.05, 0) is 64.2 Å². The highest BCUT2D eigenvalue weighted by atomic mass is 79.9. The van der Waals surface area contributed by atoms with Crippen molar-refractivity contribution in [1.82, 2.24) is 5.32 Å². The number of hydrogen-bond donors (Lipinski definition) is 1. The Hall–Kier alpha value is -2.21. The van der Waals surface area contributed by atoms with Crippen molar-refractivity contribution in [2.24, 2.45) is 0 Å². The van der Waals surface area contributed by atoms with Crippen LogP contribution in [0.4, 0.5) is 0 Å². The Balaban J connectivity index is 1.95. The first-order valence-electron chi connectivity index (χ1n) is 8.79. The normalized spacial score (nSPS) is 11.8. The topological polar surface area (TPSA) is 56.8 Å². The molecule has 27 heavy (non-hydrogen) atoms. The fourth-order valence-corrected chi connectivity index (χ4v) is 3.14. The summed E-state index contributed by atoms with van der Waals surface area (Å²) in [6.07, 6.45) is 0. The molecule has 0 saturated heterocycles. The molecule has 5 nitrogen and oxygen atoms in total. The van der Waals surface area contributed by atoms with Gasteiger partial charge < -0.3 is 19.5 Å². The average molecular weight is 436 g/mol. The van der Waals surface area contributed by atoms with Crippen LogP contribution in [0.2, 0.25) is 0 Å². The highest BCUT2D eigenvalue weighted by Crippen LogP contribution is 2.30. The summed E-state index contributed by atoms with van der Waals surface area (Å²) in [6.45, 7) is 6.11. The molecule has 0 aliphatic heterocycles. The second-order valence-corrected chi connectivity index (χ2v) is 7.39. The van der Waals surface area contributed by atoms with Gasteiger partial charge in [0.1, 0.15) is 5.75 Å². The van der Waals surface area contributed by atoms with Crippen LogP contribution in [-0.4, -0.2) is 26.7 Å². The van der Waals surface area contributed by atoms with Gasteiger partial charge >= 0.3 is 0 Å². The number of nitrogens with one attached hydrogen (secondary N) is 1. The third-order valence-corrected chi connectivity index (χ3v) is 4.89. The number of benzene rings is 2. The van der Waals surface area contributed by atoms with E-state index in [4.69, 9.17) is 14.2 Å². The fraction of sp³-hybridized carbons (Fsp3) is 0.381. The zero-order chi connectivity index (χ0) is 20.0. The van der Waals surface area contributed by atoms with Crippen molar-refractivity contribution in [3.05, 3.63) is 52.0 Å². The molecule has 1 N–H and O–H groups in total. The Kier molecular flexibility index (Phi) is 7.54. The number of ether oxygens (including phenoxy) is 3. The predicted molar refractivity (Wildman–Crippen MR) is 110 cm³/mol. The number of rotatable bonds is 8. The van der Waals surface area contributed by atoms with E-state index in [2.05, 4.69) is 35.1 Å². The van der Waals surface area contributed by atoms with Crippen molar-refractivity contribution in [2.75, 3.05) is 20.8 Å². The molecule has 1 amide bonds. The quantitative estimate of drug-likeness (QED) is 0.643. The first kappa shape index (κ1) is 21.1. The SMILES string of the molecule is COc1ccc(C(C)NC(=O)COc2ccc(C(C)C)cc2Br)cc1OC. The minimum Gasteiger partial charge on any atom is -0.493 e. The van der Waals surface area contributed by atoms with Crippen LogP contribution < -0.4 is 19.5 Å². The Labute approximate surface area is 169 Å². The molecule has 0 bridgehead atoms. The monoisotopic (exact) mass is 435 g/mol. The molecular weight excluding hydrogens is 410 g/mol. The minimum atomic E-state index is -0.197. The smallest absolute Gasteiger partial charge is 0.258 e. The molecule has 1 atom stereocenters.